The number of H-pyrrole nitrogens is 1. The van der Waals surface area contributed by atoms with E-state index in [9.17, 15) is 9.18 Å². The maximum Gasteiger partial charge on any atom is 0.231 e. The van der Waals surface area contributed by atoms with E-state index in [1.165, 1.54) is 12.1 Å². The zero-order valence-electron chi connectivity index (χ0n) is 16.4. The fourth-order valence-corrected chi connectivity index (χ4v) is 4.11. The van der Waals surface area contributed by atoms with Crippen molar-refractivity contribution in [2.24, 2.45) is 5.41 Å². The molecule has 0 bridgehead atoms. The number of rotatable bonds is 5. The van der Waals surface area contributed by atoms with Crippen LogP contribution in [0.25, 0.3) is 11.0 Å². The van der Waals surface area contributed by atoms with Crippen molar-refractivity contribution in [2.45, 2.75) is 26.2 Å². The van der Waals surface area contributed by atoms with Gasteiger partial charge >= 0.3 is 0 Å². The zero-order chi connectivity index (χ0) is 20.4. The number of carbonyl (C=O) groups excluding carboxylic acids is 1. The van der Waals surface area contributed by atoms with Gasteiger partial charge in [-0.05, 0) is 49.9 Å². The summed E-state index contributed by atoms with van der Waals surface area (Å²) < 4.78 is 13.5. The van der Waals surface area contributed by atoms with Gasteiger partial charge in [0.25, 0.3) is 0 Å². The second-order valence-corrected chi connectivity index (χ2v) is 7.62. The molecule has 7 heteroatoms. The lowest BCUT2D eigenvalue weighted by Gasteiger charge is -2.40. The van der Waals surface area contributed by atoms with Crippen LogP contribution in [0.4, 0.5) is 15.9 Å². The van der Waals surface area contributed by atoms with Gasteiger partial charge in [-0.3, -0.25) is 4.79 Å². The number of aromatic amines is 1. The van der Waals surface area contributed by atoms with Crippen molar-refractivity contribution in [3.8, 4) is 0 Å². The summed E-state index contributed by atoms with van der Waals surface area (Å²) in [5.41, 5.74) is 1.83. The van der Waals surface area contributed by atoms with Gasteiger partial charge in [0.2, 0.25) is 5.91 Å². The molecule has 1 aliphatic heterocycles. The van der Waals surface area contributed by atoms with Crippen molar-refractivity contribution < 1.29 is 9.18 Å². The highest BCUT2D eigenvalue weighted by Gasteiger charge is 2.41. The van der Waals surface area contributed by atoms with Crippen LogP contribution >= 0.6 is 0 Å². The summed E-state index contributed by atoms with van der Waals surface area (Å²) in [4.78, 5) is 27.3. The van der Waals surface area contributed by atoms with Crippen LogP contribution in [0, 0.1) is 18.2 Å². The Morgan fingerprint density at radius 2 is 2.17 bits per heavy atom. The second-order valence-electron chi connectivity index (χ2n) is 7.62. The van der Waals surface area contributed by atoms with E-state index in [1.807, 2.05) is 13.1 Å². The first kappa shape index (κ1) is 19.1. The lowest BCUT2D eigenvalue weighted by atomic mass is 9.74. The summed E-state index contributed by atoms with van der Waals surface area (Å²) >= 11 is 0. The van der Waals surface area contributed by atoms with Crippen molar-refractivity contribution in [1.29, 1.82) is 0 Å². The molecule has 2 aromatic heterocycles. The first-order chi connectivity index (χ1) is 14.0. The zero-order valence-corrected chi connectivity index (χ0v) is 16.4. The molecule has 0 atom stereocenters. The number of fused-ring (bicyclic) bond motifs is 1. The molecule has 0 spiro atoms. The van der Waals surface area contributed by atoms with Crippen molar-refractivity contribution in [3.05, 3.63) is 60.8 Å². The van der Waals surface area contributed by atoms with Gasteiger partial charge in [0.05, 0.1) is 10.8 Å². The topological polar surface area (TPSA) is 73.9 Å². The molecule has 0 unspecified atom stereocenters. The van der Waals surface area contributed by atoms with Crippen molar-refractivity contribution in [3.63, 3.8) is 0 Å². The normalized spacial score (nSPS) is 16.0. The molecular formula is C22H24FN5O. The SMILES string of the molecule is C=CCC1(C(=O)Nc2cccc(F)c2)CCN(c2ncnc3[nH]cc(C)c23)CC1. The number of aromatic nitrogens is 3. The van der Waals surface area contributed by atoms with Crippen LogP contribution in [-0.4, -0.2) is 33.9 Å². The van der Waals surface area contributed by atoms with E-state index in [0.29, 0.717) is 38.0 Å². The van der Waals surface area contributed by atoms with Gasteiger partial charge in [-0.2, -0.15) is 0 Å². The van der Waals surface area contributed by atoms with Gasteiger partial charge in [0.15, 0.2) is 0 Å². The summed E-state index contributed by atoms with van der Waals surface area (Å²) in [6, 6.07) is 5.98. The summed E-state index contributed by atoms with van der Waals surface area (Å²) in [7, 11) is 0. The Morgan fingerprint density at radius 3 is 2.90 bits per heavy atom. The van der Waals surface area contributed by atoms with Gasteiger partial charge < -0.3 is 15.2 Å². The van der Waals surface area contributed by atoms with E-state index in [-0.39, 0.29) is 11.7 Å². The number of hydrogen-bond acceptors (Lipinski definition) is 4. The maximum atomic E-state index is 13.5. The van der Waals surface area contributed by atoms with Gasteiger partial charge in [0.1, 0.15) is 23.6 Å². The Morgan fingerprint density at radius 1 is 1.38 bits per heavy atom. The molecule has 2 N–H and O–H groups in total. The van der Waals surface area contributed by atoms with Crippen LogP contribution in [0.1, 0.15) is 24.8 Å². The quantitative estimate of drug-likeness (QED) is 0.637. The van der Waals surface area contributed by atoms with Crippen LogP contribution < -0.4 is 10.2 Å². The standard InChI is InChI=1S/C22H24FN5O/c1-3-7-22(21(29)27-17-6-4-5-16(23)12-17)8-10-28(11-9-22)20-18-15(2)13-24-19(18)25-14-26-20/h3-6,12-14H,1,7-11H2,2H3,(H,27,29)(H,24,25,26). The number of aryl methyl sites for hydroxylation is 1. The highest BCUT2D eigenvalue weighted by molar-refractivity contribution is 5.96. The highest BCUT2D eigenvalue weighted by atomic mass is 19.1. The maximum absolute atomic E-state index is 13.5. The molecule has 29 heavy (non-hydrogen) atoms. The molecule has 0 radical (unpaired) electrons. The predicted molar refractivity (Wildman–Crippen MR) is 112 cm³/mol. The number of anilines is 2. The molecule has 150 valence electrons. The van der Waals surface area contributed by atoms with Gasteiger partial charge in [-0.25, -0.2) is 14.4 Å². The largest absolute Gasteiger partial charge is 0.356 e. The molecule has 1 saturated heterocycles. The van der Waals surface area contributed by atoms with Gasteiger partial charge in [-0.15, -0.1) is 6.58 Å². The Bertz CT molecular complexity index is 1050. The molecular weight excluding hydrogens is 369 g/mol. The number of piperidine rings is 1. The van der Waals surface area contributed by atoms with Crippen LogP contribution in [0.5, 0.6) is 0 Å². The number of allylic oxidation sites excluding steroid dienone is 1. The minimum atomic E-state index is -0.566. The molecule has 1 aliphatic rings. The minimum Gasteiger partial charge on any atom is -0.356 e. The Balaban J connectivity index is 1.54. The smallest absolute Gasteiger partial charge is 0.231 e. The van der Waals surface area contributed by atoms with E-state index in [0.717, 1.165) is 22.4 Å². The molecule has 3 heterocycles. The van der Waals surface area contributed by atoms with Crippen LogP contribution in [0.2, 0.25) is 0 Å². The van der Waals surface area contributed by atoms with E-state index in [4.69, 9.17) is 0 Å². The highest BCUT2D eigenvalue weighted by Crippen LogP contribution is 2.39. The molecule has 6 nitrogen and oxygen atoms in total. The Labute approximate surface area is 168 Å². The molecule has 0 saturated carbocycles. The first-order valence-corrected chi connectivity index (χ1v) is 9.74. The summed E-state index contributed by atoms with van der Waals surface area (Å²) in [6.07, 6.45) is 7.19. The summed E-state index contributed by atoms with van der Waals surface area (Å²) in [6.45, 7) is 7.27. The van der Waals surface area contributed by atoms with Crippen molar-refractivity contribution >= 4 is 28.4 Å². The van der Waals surface area contributed by atoms with E-state index >= 15 is 0 Å². The third kappa shape index (κ3) is 3.60. The molecule has 1 amide bonds. The third-order valence-corrected chi connectivity index (χ3v) is 5.77. The van der Waals surface area contributed by atoms with E-state index in [2.05, 4.69) is 31.7 Å². The van der Waals surface area contributed by atoms with Crippen LogP contribution in [0.15, 0.2) is 49.4 Å². The fraction of sp³-hybridized carbons (Fsp3) is 0.318. The summed E-state index contributed by atoms with van der Waals surface area (Å²) in [5.74, 6) is 0.435. The Hall–Kier alpha value is -3.22. The average molecular weight is 393 g/mol. The van der Waals surface area contributed by atoms with Crippen LogP contribution in [0.3, 0.4) is 0 Å². The van der Waals surface area contributed by atoms with Crippen molar-refractivity contribution in [1.82, 2.24) is 15.0 Å². The number of hydrogen-bond donors (Lipinski definition) is 2. The molecule has 1 fully saturated rings. The van der Waals surface area contributed by atoms with E-state index < -0.39 is 5.41 Å². The second kappa shape index (κ2) is 7.66. The number of amides is 1. The average Bonchev–Trinajstić information content (AvgIpc) is 3.10. The number of halogens is 1. The predicted octanol–water partition coefficient (Wildman–Crippen LogP) is 4.21. The number of carbonyl (C=O) groups is 1. The molecule has 0 aliphatic carbocycles. The van der Waals surface area contributed by atoms with Gasteiger partial charge in [0, 0.05) is 25.0 Å². The molecule has 4 rings (SSSR count). The molecule has 3 aromatic rings. The van der Waals surface area contributed by atoms with E-state index in [1.54, 1.807) is 24.5 Å². The Kier molecular flexibility index (Phi) is 5.05. The summed E-state index contributed by atoms with van der Waals surface area (Å²) in [5, 5.41) is 3.91. The molecule has 1 aromatic carbocycles. The monoisotopic (exact) mass is 393 g/mol. The van der Waals surface area contributed by atoms with Gasteiger partial charge in [-0.1, -0.05) is 12.1 Å². The lowest BCUT2D eigenvalue weighted by Crippen LogP contribution is -2.46. The minimum absolute atomic E-state index is 0.0895. The fourth-order valence-electron chi connectivity index (χ4n) is 4.11. The lowest BCUT2D eigenvalue weighted by molar-refractivity contribution is -0.126. The number of nitrogens with one attached hydrogen (secondary N) is 2. The van der Waals surface area contributed by atoms with Crippen LogP contribution in [-0.2, 0) is 4.79 Å². The number of nitrogens with zero attached hydrogens (tertiary/aromatic N) is 3. The van der Waals surface area contributed by atoms with Crippen molar-refractivity contribution in [2.75, 3.05) is 23.3 Å². The first-order valence-electron chi connectivity index (χ1n) is 9.74. The third-order valence-electron chi connectivity index (χ3n) is 5.77. The number of benzene rings is 1.